The number of hydrogen-bond acceptors (Lipinski definition) is 7. The van der Waals surface area contributed by atoms with Gasteiger partial charge in [0.05, 0.1) is 11.1 Å². The number of piperidine rings is 1. The van der Waals surface area contributed by atoms with Crippen molar-refractivity contribution >= 4 is 29.5 Å². The minimum Gasteiger partial charge on any atom is -0.391 e. The monoisotopic (exact) mass is 392 g/mol. The summed E-state index contributed by atoms with van der Waals surface area (Å²) in [5, 5.41) is 19.4. The molecule has 0 saturated carbocycles. The van der Waals surface area contributed by atoms with E-state index in [2.05, 4.69) is 20.3 Å². The van der Waals surface area contributed by atoms with E-state index in [0.29, 0.717) is 24.5 Å². The Morgan fingerprint density at radius 2 is 2.22 bits per heavy atom. The van der Waals surface area contributed by atoms with Gasteiger partial charge in [0, 0.05) is 37.9 Å². The highest BCUT2D eigenvalue weighted by atomic mass is 35.5. The van der Waals surface area contributed by atoms with E-state index in [9.17, 15) is 9.50 Å². The molecule has 0 amide bonds. The molecule has 144 valence electrons. The van der Waals surface area contributed by atoms with Crippen LogP contribution in [0.5, 0.6) is 0 Å². The third-order valence-electron chi connectivity index (χ3n) is 5.12. The van der Waals surface area contributed by atoms with Crippen LogP contribution in [-0.4, -0.2) is 65.5 Å². The maximum Gasteiger partial charge on any atom is 0.157 e. The van der Waals surface area contributed by atoms with E-state index in [1.54, 1.807) is 6.07 Å². The normalized spacial score (nSPS) is 25.6. The zero-order valence-electron chi connectivity index (χ0n) is 14.8. The molecule has 3 aliphatic rings. The standard InChI is InChI=1S/C18H22ClFN6O/c19-13-7-12(1-2-14(13)20)24-18-17-11(3-6-26(17)23-10-22-18)8-25-5-4-16(27)15(21)9-25/h1-2,7,10,15-16,27H,3-6,8-9,21H2,(H,22,23,24)/t15-,16-/m1/s1. The summed E-state index contributed by atoms with van der Waals surface area (Å²) in [4.78, 5) is 6.64. The van der Waals surface area contributed by atoms with Crippen LogP contribution < -0.4 is 11.1 Å². The van der Waals surface area contributed by atoms with E-state index in [1.165, 1.54) is 24.0 Å². The Morgan fingerprint density at radius 3 is 3.00 bits per heavy atom. The second-order valence-corrected chi connectivity index (χ2v) is 7.45. The molecule has 4 rings (SSSR count). The quantitative estimate of drug-likeness (QED) is 0.727. The zero-order chi connectivity index (χ0) is 19.0. The summed E-state index contributed by atoms with van der Waals surface area (Å²) in [5.41, 5.74) is 8.83. The number of nitrogens with zero attached hydrogens (tertiary/aromatic N) is 4. The molecule has 0 aromatic heterocycles. The lowest BCUT2D eigenvalue weighted by molar-refractivity contribution is 0.0663. The number of aliphatic imine (C=N–C) groups is 1. The first kappa shape index (κ1) is 18.4. The fraction of sp³-hybridized carbons (Fsp3) is 0.444. The van der Waals surface area contributed by atoms with Gasteiger partial charge in [0.2, 0.25) is 0 Å². The van der Waals surface area contributed by atoms with Crippen molar-refractivity contribution in [1.82, 2.24) is 9.91 Å². The molecule has 1 aromatic rings. The molecular formula is C18H22ClFN6O. The zero-order valence-corrected chi connectivity index (χ0v) is 15.5. The summed E-state index contributed by atoms with van der Waals surface area (Å²) < 4.78 is 13.4. The number of anilines is 1. The molecule has 2 atom stereocenters. The van der Waals surface area contributed by atoms with Crippen LogP contribution >= 0.6 is 11.6 Å². The molecule has 1 aromatic carbocycles. The molecular weight excluding hydrogens is 371 g/mol. The van der Waals surface area contributed by atoms with Crippen LogP contribution in [0.25, 0.3) is 0 Å². The van der Waals surface area contributed by atoms with Crippen molar-refractivity contribution in [2.45, 2.75) is 25.0 Å². The number of fused-ring (bicyclic) bond motifs is 1. The lowest BCUT2D eigenvalue weighted by Gasteiger charge is -2.34. The Bertz CT molecular complexity index is 826. The fourth-order valence-electron chi connectivity index (χ4n) is 3.68. The minimum atomic E-state index is -0.458. The third-order valence-corrected chi connectivity index (χ3v) is 5.41. The Kier molecular flexibility index (Phi) is 5.14. The first-order valence-corrected chi connectivity index (χ1v) is 9.37. The van der Waals surface area contributed by atoms with Crippen LogP contribution in [0.2, 0.25) is 5.02 Å². The number of halogens is 2. The number of nitrogens with two attached hydrogens (primary N) is 1. The van der Waals surface area contributed by atoms with Crippen molar-refractivity contribution in [1.29, 1.82) is 0 Å². The highest BCUT2D eigenvalue weighted by Crippen LogP contribution is 2.29. The van der Waals surface area contributed by atoms with Gasteiger partial charge in [0.25, 0.3) is 0 Å². The van der Waals surface area contributed by atoms with Crippen LogP contribution in [0.1, 0.15) is 12.8 Å². The molecule has 0 bridgehead atoms. The van der Waals surface area contributed by atoms with Crippen molar-refractivity contribution in [3.63, 3.8) is 0 Å². The molecule has 3 aliphatic heterocycles. The molecule has 0 radical (unpaired) electrons. The van der Waals surface area contributed by atoms with Crippen LogP contribution in [0, 0.1) is 5.82 Å². The van der Waals surface area contributed by atoms with Gasteiger partial charge in [-0.25, -0.2) is 9.38 Å². The number of nitrogens with one attached hydrogen (secondary N) is 1. The molecule has 27 heavy (non-hydrogen) atoms. The molecule has 0 unspecified atom stereocenters. The Morgan fingerprint density at radius 1 is 1.37 bits per heavy atom. The predicted octanol–water partition coefficient (Wildman–Crippen LogP) is 1.60. The number of hydrogen-bond donors (Lipinski definition) is 3. The number of rotatable bonds is 3. The Hall–Kier alpha value is -2.00. The third kappa shape index (κ3) is 3.84. The molecule has 4 N–H and O–H groups in total. The maximum absolute atomic E-state index is 13.4. The second kappa shape index (κ2) is 7.55. The SMILES string of the molecule is N[C@@H]1CN(CC2=C3C(Nc4ccc(F)c(Cl)c4)=NC=NN3CC2)CC[C@H]1O. The predicted molar refractivity (Wildman–Crippen MR) is 104 cm³/mol. The summed E-state index contributed by atoms with van der Waals surface area (Å²) in [6.07, 6.45) is 2.64. The van der Waals surface area contributed by atoms with Gasteiger partial charge in [-0.05, 0) is 36.6 Å². The number of hydrazone groups is 1. The largest absolute Gasteiger partial charge is 0.391 e. The van der Waals surface area contributed by atoms with Crippen LogP contribution in [0.4, 0.5) is 10.1 Å². The molecule has 1 saturated heterocycles. The van der Waals surface area contributed by atoms with Crippen molar-refractivity contribution in [2.75, 3.05) is 31.5 Å². The van der Waals surface area contributed by atoms with Crippen LogP contribution in [0.15, 0.2) is 39.6 Å². The molecule has 9 heteroatoms. The summed E-state index contributed by atoms with van der Waals surface area (Å²) in [7, 11) is 0. The second-order valence-electron chi connectivity index (χ2n) is 7.04. The average Bonchev–Trinajstić information content (AvgIpc) is 3.05. The average molecular weight is 393 g/mol. The fourth-order valence-corrected chi connectivity index (χ4v) is 3.86. The minimum absolute atomic E-state index is 0.0587. The number of aliphatic hydroxyl groups excluding tert-OH is 1. The van der Waals surface area contributed by atoms with E-state index in [4.69, 9.17) is 17.3 Å². The summed E-state index contributed by atoms with van der Waals surface area (Å²) in [6.45, 7) is 3.01. The molecule has 1 fully saturated rings. The van der Waals surface area contributed by atoms with Gasteiger partial charge in [-0.15, -0.1) is 0 Å². The van der Waals surface area contributed by atoms with Gasteiger partial charge in [0.1, 0.15) is 17.9 Å². The van der Waals surface area contributed by atoms with Crippen molar-refractivity contribution < 1.29 is 9.50 Å². The smallest absolute Gasteiger partial charge is 0.157 e. The Balaban J connectivity index is 1.54. The van der Waals surface area contributed by atoms with E-state index in [0.717, 1.165) is 31.8 Å². The van der Waals surface area contributed by atoms with Crippen molar-refractivity contribution in [3.8, 4) is 0 Å². The number of benzene rings is 1. The van der Waals surface area contributed by atoms with Crippen molar-refractivity contribution in [2.24, 2.45) is 15.8 Å². The topological polar surface area (TPSA) is 89.5 Å². The number of aliphatic hydroxyl groups is 1. The number of amidine groups is 1. The summed E-state index contributed by atoms with van der Waals surface area (Å²) >= 11 is 5.88. The lowest BCUT2D eigenvalue weighted by atomic mass is 10.0. The van der Waals surface area contributed by atoms with E-state index < -0.39 is 11.9 Å². The molecule has 0 aliphatic carbocycles. The van der Waals surface area contributed by atoms with Gasteiger partial charge >= 0.3 is 0 Å². The van der Waals surface area contributed by atoms with E-state index in [1.807, 2.05) is 5.01 Å². The van der Waals surface area contributed by atoms with Crippen molar-refractivity contribution in [3.05, 3.63) is 40.3 Å². The Labute approximate surface area is 162 Å². The maximum atomic E-state index is 13.4. The van der Waals surface area contributed by atoms with Gasteiger partial charge in [-0.1, -0.05) is 11.6 Å². The van der Waals surface area contributed by atoms with Gasteiger partial charge in [-0.2, -0.15) is 5.10 Å². The molecule has 3 heterocycles. The van der Waals surface area contributed by atoms with E-state index in [-0.39, 0.29) is 11.1 Å². The van der Waals surface area contributed by atoms with E-state index >= 15 is 0 Å². The first-order valence-electron chi connectivity index (χ1n) is 8.99. The highest BCUT2D eigenvalue weighted by molar-refractivity contribution is 6.31. The summed E-state index contributed by atoms with van der Waals surface area (Å²) in [6, 6.07) is 4.26. The van der Waals surface area contributed by atoms with Crippen LogP contribution in [-0.2, 0) is 0 Å². The van der Waals surface area contributed by atoms with Gasteiger partial charge < -0.3 is 16.2 Å². The number of likely N-dealkylation sites (tertiary alicyclic amines) is 1. The van der Waals surface area contributed by atoms with Crippen LogP contribution in [0.3, 0.4) is 0 Å². The summed E-state index contributed by atoms with van der Waals surface area (Å²) in [5.74, 6) is 0.210. The highest BCUT2D eigenvalue weighted by Gasteiger charge is 2.31. The van der Waals surface area contributed by atoms with Gasteiger partial charge in [0.15, 0.2) is 5.84 Å². The molecule has 7 nitrogen and oxygen atoms in total. The van der Waals surface area contributed by atoms with Gasteiger partial charge in [-0.3, -0.25) is 9.91 Å². The lowest BCUT2D eigenvalue weighted by Crippen LogP contribution is -2.51. The molecule has 0 spiro atoms. The first-order chi connectivity index (χ1) is 13.0.